The molecule has 23 heavy (non-hydrogen) atoms. The minimum Gasteiger partial charge on any atom is -0.481 e. The third-order valence-corrected chi connectivity index (χ3v) is 5.53. The van der Waals surface area contributed by atoms with Crippen LogP contribution in [0, 0.1) is 10.8 Å². The summed E-state index contributed by atoms with van der Waals surface area (Å²) in [6, 6.07) is 0. The van der Waals surface area contributed by atoms with Gasteiger partial charge in [0.15, 0.2) is 0 Å². The van der Waals surface area contributed by atoms with E-state index in [1.165, 1.54) is 0 Å². The molecular formula is C19H36O4. The van der Waals surface area contributed by atoms with E-state index in [0.717, 1.165) is 44.9 Å². The second-order valence-electron chi connectivity index (χ2n) is 6.94. The maximum atomic E-state index is 11.6. The molecule has 2 atom stereocenters. The van der Waals surface area contributed by atoms with Gasteiger partial charge >= 0.3 is 11.9 Å². The number of unbranched alkanes of at least 4 members (excludes halogenated alkanes) is 2. The number of aliphatic carboxylic acids is 2. The van der Waals surface area contributed by atoms with Gasteiger partial charge in [-0.05, 0) is 38.5 Å². The summed E-state index contributed by atoms with van der Waals surface area (Å²) in [4.78, 5) is 23.2. The van der Waals surface area contributed by atoms with Crippen LogP contribution in [0.1, 0.15) is 98.3 Å². The number of hydrogen-bond acceptors (Lipinski definition) is 2. The molecule has 0 aromatic carbocycles. The van der Waals surface area contributed by atoms with Gasteiger partial charge in [0.05, 0.1) is 10.8 Å². The van der Waals surface area contributed by atoms with Crippen LogP contribution in [0.4, 0.5) is 0 Å². The number of carbonyl (C=O) groups is 2. The van der Waals surface area contributed by atoms with Crippen LogP contribution in [0.3, 0.4) is 0 Å². The van der Waals surface area contributed by atoms with E-state index in [2.05, 4.69) is 0 Å². The van der Waals surface area contributed by atoms with Crippen molar-refractivity contribution in [3.8, 4) is 0 Å². The van der Waals surface area contributed by atoms with E-state index in [0.29, 0.717) is 25.7 Å². The second-order valence-corrected chi connectivity index (χ2v) is 6.94. The minimum absolute atomic E-state index is 0.590. The van der Waals surface area contributed by atoms with Gasteiger partial charge in [0.2, 0.25) is 0 Å². The number of hydrogen-bond donors (Lipinski definition) is 2. The fourth-order valence-electron chi connectivity index (χ4n) is 3.75. The van der Waals surface area contributed by atoms with Crippen LogP contribution in [-0.2, 0) is 9.59 Å². The van der Waals surface area contributed by atoms with Crippen molar-refractivity contribution in [3.63, 3.8) is 0 Å². The third-order valence-electron chi connectivity index (χ3n) is 5.53. The summed E-state index contributed by atoms with van der Waals surface area (Å²) in [6.45, 7) is 7.97. The van der Waals surface area contributed by atoms with E-state index >= 15 is 0 Å². The highest BCUT2D eigenvalue weighted by molar-refractivity contribution is 5.74. The summed E-state index contributed by atoms with van der Waals surface area (Å²) in [5, 5.41) is 19.1. The molecule has 0 fully saturated rings. The standard InChI is InChI=1S/C19H36O4/c1-5-12-18(7-3,16(20)21)14-10-9-11-15-19(8-4,13-6-2)17(22)23/h5-15H2,1-4H3,(H,20,21)(H,22,23). The van der Waals surface area contributed by atoms with Gasteiger partial charge in [0, 0.05) is 0 Å². The molecule has 4 heteroatoms. The first-order valence-corrected chi connectivity index (χ1v) is 9.31. The van der Waals surface area contributed by atoms with Crippen molar-refractivity contribution in [1.82, 2.24) is 0 Å². The molecule has 2 N–H and O–H groups in total. The Morgan fingerprint density at radius 2 is 1.00 bits per heavy atom. The quantitative estimate of drug-likeness (QED) is 0.413. The zero-order valence-electron chi connectivity index (χ0n) is 15.5. The van der Waals surface area contributed by atoms with Crippen molar-refractivity contribution in [1.29, 1.82) is 0 Å². The highest BCUT2D eigenvalue weighted by atomic mass is 16.4. The summed E-state index contributed by atoms with van der Waals surface area (Å²) in [7, 11) is 0. The average Bonchev–Trinajstić information content (AvgIpc) is 2.51. The van der Waals surface area contributed by atoms with Crippen LogP contribution in [0.2, 0.25) is 0 Å². The van der Waals surface area contributed by atoms with Gasteiger partial charge in [-0.1, -0.05) is 59.8 Å². The lowest BCUT2D eigenvalue weighted by Gasteiger charge is -2.29. The molecule has 136 valence electrons. The monoisotopic (exact) mass is 328 g/mol. The molecule has 4 nitrogen and oxygen atoms in total. The van der Waals surface area contributed by atoms with Crippen molar-refractivity contribution in [3.05, 3.63) is 0 Å². The zero-order valence-corrected chi connectivity index (χ0v) is 15.5. The summed E-state index contributed by atoms with van der Waals surface area (Å²) >= 11 is 0. The Labute approximate surface area is 141 Å². The Morgan fingerprint density at radius 3 is 1.22 bits per heavy atom. The molecule has 0 rings (SSSR count). The van der Waals surface area contributed by atoms with Gasteiger partial charge in [-0.3, -0.25) is 9.59 Å². The minimum atomic E-state index is -0.679. The van der Waals surface area contributed by atoms with Crippen molar-refractivity contribution >= 4 is 11.9 Å². The molecule has 0 aliphatic heterocycles. The van der Waals surface area contributed by atoms with Crippen molar-refractivity contribution < 1.29 is 19.8 Å². The normalized spacial score (nSPS) is 16.5. The summed E-state index contributed by atoms with van der Waals surface area (Å²) < 4.78 is 0. The Balaban J connectivity index is 4.48. The van der Waals surface area contributed by atoms with Crippen LogP contribution < -0.4 is 0 Å². The fourth-order valence-corrected chi connectivity index (χ4v) is 3.75. The molecule has 2 unspecified atom stereocenters. The van der Waals surface area contributed by atoms with Crippen molar-refractivity contribution in [2.24, 2.45) is 10.8 Å². The summed E-state index contributed by atoms with van der Waals surface area (Å²) in [6.07, 6.45) is 8.60. The summed E-state index contributed by atoms with van der Waals surface area (Å²) in [5.74, 6) is -1.36. The Morgan fingerprint density at radius 1 is 0.652 bits per heavy atom. The van der Waals surface area contributed by atoms with E-state index in [9.17, 15) is 19.8 Å². The predicted molar refractivity (Wildman–Crippen MR) is 93.6 cm³/mol. The predicted octanol–water partition coefficient (Wildman–Crippen LogP) is 5.50. The van der Waals surface area contributed by atoms with Gasteiger partial charge in [-0.25, -0.2) is 0 Å². The van der Waals surface area contributed by atoms with Gasteiger partial charge < -0.3 is 10.2 Å². The molecule has 0 aromatic heterocycles. The maximum absolute atomic E-state index is 11.6. The molecule has 0 heterocycles. The maximum Gasteiger partial charge on any atom is 0.309 e. The van der Waals surface area contributed by atoms with Crippen LogP contribution in [0.25, 0.3) is 0 Å². The summed E-state index contributed by atoms with van der Waals surface area (Å²) in [5.41, 5.74) is -1.18. The topological polar surface area (TPSA) is 74.6 Å². The molecule has 0 amide bonds. The van der Waals surface area contributed by atoms with Gasteiger partial charge in [0.1, 0.15) is 0 Å². The van der Waals surface area contributed by atoms with Crippen LogP contribution >= 0.6 is 0 Å². The van der Waals surface area contributed by atoms with Crippen molar-refractivity contribution in [2.45, 2.75) is 98.3 Å². The first kappa shape index (κ1) is 21.9. The van der Waals surface area contributed by atoms with Gasteiger partial charge in [0.25, 0.3) is 0 Å². The van der Waals surface area contributed by atoms with Gasteiger partial charge in [-0.2, -0.15) is 0 Å². The number of rotatable bonds is 14. The second kappa shape index (κ2) is 10.7. The van der Waals surface area contributed by atoms with E-state index < -0.39 is 22.8 Å². The highest BCUT2D eigenvalue weighted by Gasteiger charge is 2.36. The average molecular weight is 328 g/mol. The Kier molecular flexibility index (Phi) is 10.2. The first-order chi connectivity index (χ1) is 10.8. The smallest absolute Gasteiger partial charge is 0.309 e. The van der Waals surface area contributed by atoms with E-state index in [-0.39, 0.29) is 0 Å². The lowest BCUT2D eigenvalue weighted by Crippen LogP contribution is -2.31. The number of carboxylic acid groups (broad SMARTS) is 2. The lowest BCUT2D eigenvalue weighted by atomic mass is 9.74. The largest absolute Gasteiger partial charge is 0.481 e. The fraction of sp³-hybridized carbons (Fsp3) is 0.895. The van der Waals surface area contributed by atoms with Crippen molar-refractivity contribution in [2.75, 3.05) is 0 Å². The molecule has 0 bridgehead atoms. The van der Waals surface area contributed by atoms with Crippen LogP contribution in [0.5, 0.6) is 0 Å². The lowest BCUT2D eigenvalue weighted by molar-refractivity contribution is -0.150. The molecule has 0 radical (unpaired) electrons. The zero-order chi connectivity index (χ0) is 17.9. The van der Waals surface area contributed by atoms with Gasteiger partial charge in [-0.15, -0.1) is 0 Å². The molecule has 0 saturated heterocycles. The van der Waals surface area contributed by atoms with Crippen LogP contribution in [0.15, 0.2) is 0 Å². The SMILES string of the molecule is CCCC(CC)(CCCCCC(CC)(CCC)C(=O)O)C(=O)O. The molecule has 0 aliphatic rings. The first-order valence-electron chi connectivity index (χ1n) is 9.31. The number of carboxylic acids is 2. The van der Waals surface area contributed by atoms with E-state index in [4.69, 9.17) is 0 Å². The molecule has 0 spiro atoms. The van der Waals surface area contributed by atoms with Crippen LogP contribution in [-0.4, -0.2) is 22.2 Å². The third kappa shape index (κ3) is 6.15. The molecule has 0 saturated carbocycles. The molecular weight excluding hydrogens is 292 g/mol. The highest BCUT2D eigenvalue weighted by Crippen LogP contribution is 2.37. The Hall–Kier alpha value is -1.06. The molecule has 0 aliphatic carbocycles. The van der Waals surface area contributed by atoms with E-state index in [1.807, 2.05) is 27.7 Å². The molecule has 0 aromatic rings. The van der Waals surface area contributed by atoms with E-state index in [1.54, 1.807) is 0 Å². The Bertz CT molecular complexity index is 332.